The average Bonchev–Trinajstić information content (AvgIpc) is 4.01. The Labute approximate surface area is 383 Å². The second-order valence-electron chi connectivity index (χ2n) is 17.8. The summed E-state index contributed by atoms with van der Waals surface area (Å²) >= 11 is 2.04. The van der Waals surface area contributed by atoms with Gasteiger partial charge in [0.15, 0.2) is 5.84 Å². The Morgan fingerprint density at radius 2 is 1.52 bits per heavy atom. The minimum absolute atomic E-state index is 0.164. The van der Waals surface area contributed by atoms with Gasteiger partial charge in [0.2, 0.25) is 0 Å². The highest BCUT2D eigenvalue weighted by Crippen LogP contribution is 2.53. The molecular weight excluding hydrogens is 811 g/mol. The Morgan fingerprint density at radius 1 is 0.769 bits per heavy atom. The lowest BCUT2D eigenvalue weighted by atomic mass is 9.78. The van der Waals surface area contributed by atoms with E-state index in [2.05, 4.69) is 152 Å². The zero-order chi connectivity index (χ0) is 43.6. The summed E-state index contributed by atoms with van der Waals surface area (Å²) in [5.74, 6) is 0.851. The largest absolute Gasteiger partial charge is 0.456 e. The van der Waals surface area contributed by atoms with E-state index in [1.165, 1.54) is 48.3 Å². The van der Waals surface area contributed by atoms with Crippen molar-refractivity contribution < 1.29 is 4.42 Å². The number of aryl methyl sites for hydroxylation is 1. The number of benzene rings is 6. The molecule has 0 saturated carbocycles. The van der Waals surface area contributed by atoms with E-state index in [1.807, 2.05) is 66.8 Å². The second kappa shape index (κ2) is 15.7. The normalized spacial score (nSPS) is 19.0. The molecule has 0 amide bonds. The van der Waals surface area contributed by atoms with E-state index in [1.54, 1.807) is 0 Å². The number of amidine groups is 1. The van der Waals surface area contributed by atoms with Crippen LogP contribution in [0.3, 0.4) is 0 Å². The molecule has 5 heteroatoms. The van der Waals surface area contributed by atoms with Crippen molar-refractivity contribution in [2.24, 2.45) is 9.98 Å². The monoisotopic (exact) mass is 857 g/mol. The van der Waals surface area contributed by atoms with Crippen LogP contribution in [0.5, 0.6) is 0 Å². The minimum atomic E-state index is -0.164. The molecular formula is C60H47N3OS. The summed E-state index contributed by atoms with van der Waals surface area (Å²) in [6, 6.07) is 53.2. The number of nitrogens with zero attached hydrogens (tertiary/aromatic N) is 3. The van der Waals surface area contributed by atoms with Gasteiger partial charge in [-0.05, 0) is 120 Å². The summed E-state index contributed by atoms with van der Waals surface area (Å²) in [5.41, 5.74) is 16.7. The first-order valence-electron chi connectivity index (χ1n) is 22.7. The summed E-state index contributed by atoms with van der Waals surface area (Å²) in [6.45, 7) is 8.90. The predicted molar refractivity (Wildman–Crippen MR) is 274 cm³/mol. The number of allylic oxidation sites excluding steroid dienone is 3. The molecule has 0 radical (unpaired) electrons. The highest BCUT2D eigenvalue weighted by atomic mass is 32.1. The molecule has 2 aromatic heterocycles. The third-order valence-electron chi connectivity index (χ3n) is 13.8. The van der Waals surface area contributed by atoms with E-state index in [0.717, 1.165) is 81.2 Å². The Morgan fingerprint density at radius 3 is 2.31 bits per heavy atom. The number of rotatable bonds is 7. The van der Waals surface area contributed by atoms with Crippen LogP contribution in [-0.2, 0) is 6.42 Å². The van der Waals surface area contributed by atoms with Crippen LogP contribution in [0.15, 0.2) is 202 Å². The number of anilines is 1. The third kappa shape index (κ3) is 6.64. The van der Waals surface area contributed by atoms with Gasteiger partial charge in [-0.25, -0.2) is 9.98 Å². The van der Waals surface area contributed by atoms with Crippen molar-refractivity contribution in [3.05, 3.63) is 230 Å². The first-order chi connectivity index (χ1) is 31.9. The number of fused-ring (bicyclic) bond motifs is 8. The molecule has 65 heavy (non-hydrogen) atoms. The van der Waals surface area contributed by atoms with Gasteiger partial charge in [-0.15, -0.1) is 11.3 Å². The number of hydrogen-bond acceptors (Lipinski definition) is 4. The van der Waals surface area contributed by atoms with Crippen LogP contribution in [0.1, 0.15) is 71.7 Å². The second-order valence-corrected chi connectivity index (χ2v) is 18.9. The van der Waals surface area contributed by atoms with Crippen LogP contribution in [0.2, 0.25) is 0 Å². The molecule has 3 heterocycles. The lowest BCUT2D eigenvalue weighted by Crippen LogP contribution is -2.47. The highest BCUT2D eigenvalue weighted by Gasteiger charge is 2.48. The molecule has 3 aliphatic carbocycles. The first kappa shape index (κ1) is 39.3. The van der Waals surface area contributed by atoms with Crippen molar-refractivity contribution in [1.29, 1.82) is 0 Å². The average molecular weight is 858 g/mol. The number of para-hydroxylation sites is 1. The van der Waals surface area contributed by atoms with Crippen LogP contribution in [-0.4, -0.2) is 17.1 Å². The summed E-state index contributed by atoms with van der Waals surface area (Å²) in [6.07, 6.45) is 16.3. The first-order valence-corrected chi connectivity index (χ1v) is 23.5. The molecule has 314 valence electrons. The molecule has 4 nitrogen and oxygen atoms in total. The molecule has 6 aromatic carbocycles. The van der Waals surface area contributed by atoms with Crippen molar-refractivity contribution in [2.45, 2.75) is 51.0 Å². The lowest BCUT2D eigenvalue weighted by molar-refractivity contribution is 0.605. The number of furan rings is 1. The smallest absolute Gasteiger partial charge is 0.160 e. The van der Waals surface area contributed by atoms with Crippen LogP contribution in [0, 0.1) is 0 Å². The zero-order valence-electron chi connectivity index (χ0n) is 36.6. The maximum atomic E-state index is 6.57. The van der Waals surface area contributed by atoms with Crippen LogP contribution < -0.4 is 14.7 Å². The van der Waals surface area contributed by atoms with E-state index in [0.29, 0.717) is 11.5 Å². The van der Waals surface area contributed by atoms with Crippen molar-refractivity contribution in [3.63, 3.8) is 0 Å². The van der Waals surface area contributed by atoms with Gasteiger partial charge < -0.3 is 9.32 Å². The topological polar surface area (TPSA) is 41.1 Å². The molecule has 0 spiro atoms. The predicted octanol–water partition coefficient (Wildman–Crippen LogP) is 13.8. The van der Waals surface area contributed by atoms with E-state index in [9.17, 15) is 0 Å². The molecule has 0 bridgehead atoms. The molecule has 0 N–H and O–H groups in total. The minimum Gasteiger partial charge on any atom is -0.456 e. The van der Waals surface area contributed by atoms with Crippen molar-refractivity contribution in [1.82, 2.24) is 0 Å². The van der Waals surface area contributed by atoms with Crippen LogP contribution in [0.4, 0.5) is 5.69 Å². The van der Waals surface area contributed by atoms with Gasteiger partial charge in [-0.2, -0.15) is 0 Å². The Balaban J connectivity index is 0.896. The fourth-order valence-corrected chi connectivity index (χ4v) is 12.1. The summed E-state index contributed by atoms with van der Waals surface area (Å²) in [7, 11) is 0. The Kier molecular flexibility index (Phi) is 9.50. The molecule has 8 aromatic rings. The Hall–Kier alpha value is -7.34. The van der Waals surface area contributed by atoms with Gasteiger partial charge in [0, 0.05) is 54.3 Å². The van der Waals surface area contributed by atoms with Gasteiger partial charge in [0.1, 0.15) is 11.2 Å². The van der Waals surface area contributed by atoms with Gasteiger partial charge in [0.05, 0.1) is 11.2 Å². The number of aliphatic imine (C=N–C) groups is 2. The van der Waals surface area contributed by atoms with Crippen molar-refractivity contribution >= 4 is 73.9 Å². The van der Waals surface area contributed by atoms with E-state index in [-0.39, 0.29) is 11.5 Å². The summed E-state index contributed by atoms with van der Waals surface area (Å²) in [5, 5.41) is 3.72. The molecule has 2 atom stereocenters. The quantitative estimate of drug-likeness (QED) is 0.118. The molecule has 4 aliphatic rings. The molecule has 1 aliphatic heterocycles. The van der Waals surface area contributed by atoms with Gasteiger partial charge in [-0.1, -0.05) is 152 Å². The maximum Gasteiger partial charge on any atom is 0.160 e. The number of hydrogen-bond donors (Lipinski definition) is 0. The fraction of sp³-hybridized carbons (Fsp3) is 0.133. The van der Waals surface area contributed by atoms with E-state index < -0.39 is 0 Å². The molecule has 2 unspecified atom stereocenters. The van der Waals surface area contributed by atoms with Crippen LogP contribution >= 0.6 is 11.3 Å². The van der Waals surface area contributed by atoms with Crippen molar-refractivity contribution in [3.8, 4) is 11.1 Å². The summed E-state index contributed by atoms with van der Waals surface area (Å²) < 4.78 is 8.05. The van der Waals surface area contributed by atoms with E-state index >= 15 is 0 Å². The van der Waals surface area contributed by atoms with Gasteiger partial charge in [0.25, 0.3) is 0 Å². The zero-order valence-corrected chi connectivity index (χ0v) is 37.4. The fourth-order valence-electron chi connectivity index (χ4n) is 10.6. The Bertz CT molecular complexity index is 3510. The molecule has 0 saturated heterocycles. The van der Waals surface area contributed by atoms with Crippen molar-refractivity contribution in [2.75, 3.05) is 4.90 Å². The molecule has 0 fully saturated rings. The van der Waals surface area contributed by atoms with Crippen LogP contribution in [0.25, 0.3) is 56.5 Å². The highest BCUT2D eigenvalue weighted by molar-refractivity contribution is 7.10. The van der Waals surface area contributed by atoms with E-state index in [4.69, 9.17) is 14.4 Å². The SMILES string of the molecule is C=C(N=C(N=C(C)c1ccccc1)c1ccccc1)c1ccc(-c2cccc3oc4ccc(C5C=CC6=C(C5)C5=c7sc8c(c7=CCC5(C)N6c5ccccc5)C=CCC8)cc4c23)cc1. The third-order valence-corrected chi connectivity index (χ3v) is 15.1. The van der Waals surface area contributed by atoms with Gasteiger partial charge in [-0.3, -0.25) is 0 Å². The van der Waals surface area contributed by atoms with Gasteiger partial charge >= 0.3 is 0 Å². The number of thiophene rings is 1. The summed E-state index contributed by atoms with van der Waals surface area (Å²) in [4.78, 5) is 14.2. The molecule has 12 rings (SSSR count). The maximum absolute atomic E-state index is 6.57. The lowest BCUT2D eigenvalue weighted by Gasteiger charge is -2.40. The standard InChI is InChI=1S/C60H47N3OS/c1-38(40-16-7-4-8-17-40)61-59(43-18-9-5-10-19-43)62-39(2)41-26-28-42(29-27-41)47-23-15-24-54-56(47)51-37-45(31-33-53(51)64-54)44-30-32-52-50(36-44)57-58-49(48-22-13-14-25-55(48)65-58)34-35-60(57,3)63(52)46-20-11-6-12-21-46/h4-13,15-24,26-34,37,44H,2,14,25,35-36H2,1,3H3.